The van der Waals surface area contributed by atoms with Crippen molar-refractivity contribution in [3.05, 3.63) is 78.0 Å². The van der Waals surface area contributed by atoms with E-state index in [1.54, 1.807) is 12.1 Å². The van der Waals surface area contributed by atoms with Crippen LogP contribution in [0.1, 0.15) is 15.9 Å². The number of halogens is 5. The number of alkyl halides is 5. The third-order valence-electron chi connectivity index (χ3n) is 4.47. The molecule has 2 aromatic carbocycles. The van der Waals surface area contributed by atoms with E-state index in [2.05, 4.69) is 15.0 Å². The van der Waals surface area contributed by atoms with Gasteiger partial charge >= 0.3 is 18.1 Å². The predicted molar refractivity (Wildman–Crippen MR) is 113 cm³/mol. The molecule has 0 saturated carbocycles. The van der Waals surface area contributed by atoms with Crippen molar-refractivity contribution in [2.24, 2.45) is 0 Å². The molecule has 35 heavy (non-hydrogen) atoms. The van der Waals surface area contributed by atoms with Crippen molar-refractivity contribution in [2.75, 3.05) is 11.9 Å². The summed E-state index contributed by atoms with van der Waals surface area (Å²) in [5.74, 6) is -6.49. The quantitative estimate of drug-likeness (QED) is 0.389. The highest BCUT2D eigenvalue weighted by Gasteiger charge is 2.58. The number of hydrogen-bond donors (Lipinski definition) is 2. The molecule has 0 aliphatic rings. The molecule has 0 aliphatic carbocycles. The Kier molecular flexibility index (Phi) is 7.52. The number of para-hydroxylation sites is 1. The van der Waals surface area contributed by atoms with E-state index in [4.69, 9.17) is 4.74 Å². The van der Waals surface area contributed by atoms with Crippen molar-refractivity contribution < 1.29 is 46.1 Å². The van der Waals surface area contributed by atoms with Gasteiger partial charge < -0.3 is 19.9 Å². The van der Waals surface area contributed by atoms with Crippen LogP contribution >= 0.6 is 0 Å². The molecule has 1 amide bonds. The van der Waals surface area contributed by atoms with Gasteiger partial charge in [-0.3, -0.25) is 4.79 Å². The zero-order valence-electron chi connectivity index (χ0n) is 17.7. The minimum absolute atomic E-state index is 0.0480. The van der Waals surface area contributed by atoms with E-state index in [1.807, 2.05) is 0 Å². The normalized spacial score (nSPS) is 11.6. The second kappa shape index (κ2) is 10.4. The molecule has 0 bridgehead atoms. The maximum Gasteiger partial charge on any atom is 0.456 e. The van der Waals surface area contributed by atoms with Gasteiger partial charge in [0.15, 0.2) is 6.61 Å². The Labute approximate surface area is 195 Å². The summed E-state index contributed by atoms with van der Waals surface area (Å²) in [4.78, 5) is 27.5. The van der Waals surface area contributed by atoms with Gasteiger partial charge in [0.25, 0.3) is 0 Å². The molecule has 12 heteroatoms. The lowest BCUT2D eigenvalue weighted by Gasteiger charge is -2.19. The van der Waals surface area contributed by atoms with Crippen LogP contribution in [0, 0.1) is 0 Å². The fourth-order valence-electron chi connectivity index (χ4n) is 2.71. The number of rotatable bonds is 9. The zero-order chi connectivity index (χ0) is 25.6. The summed E-state index contributed by atoms with van der Waals surface area (Å²) in [7, 11) is 0. The van der Waals surface area contributed by atoms with Gasteiger partial charge in [0.05, 0.1) is 17.7 Å². The molecule has 0 atom stereocenters. The van der Waals surface area contributed by atoms with Crippen molar-refractivity contribution in [3.8, 4) is 17.4 Å². The van der Waals surface area contributed by atoms with E-state index in [-0.39, 0.29) is 35.1 Å². The molecular formula is C23H17F5N2O5. The molecule has 0 spiro atoms. The third-order valence-corrected chi connectivity index (χ3v) is 4.47. The molecule has 3 aromatic rings. The number of pyridine rings is 1. The summed E-state index contributed by atoms with van der Waals surface area (Å²) >= 11 is 0. The lowest BCUT2D eigenvalue weighted by molar-refractivity contribution is -0.290. The number of hydrogen-bond acceptors (Lipinski definition) is 5. The monoisotopic (exact) mass is 496 g/mol. The first-order valence-electron chi connectivity index (χ1n) is 9.87. The SMILES string of the molecule is O=C(Cc1ccc(Oc2ccc(OCC(F)(F)C(F)(F)F)cc2)nc1)Nc1ccccc1C(=O)O. The molecule has 0 radical (unpaired) electrons. The molecule has 1 heterocycles. The fraction of sp³-hybridized carbons (Fsp3) is 0.174. The van der Waals surface area contributed by atoms with Crippen LogP contribution in [0.5, 0.6) is 17.4 Å². The highest BCUT2D eigenvalue weighted by atomic mass is 19.4. The molecule has 184 valence electrons. The number of ether oxygens (including phenoxy) is 2. The lowest BCUT2D eigenvalue weighted by Crippen LogP contribution is -2.41. The van der Waals surface area contributed by atoms with Gasteiger partial charge in [0, 0.05) is 12.3 Å². The molecule has 1 aromatic heterocycles. The first-order chi connectivity index (χ1) is 16.4. The minimum atomic E-state index is -5.71. The Morgan fingerprint density at radius 2 is 1.57 bits per heavy atom. The largest absolute Gasteiger partial charge is 0.487 e. The Hall–Kier alpha value is -4.22. The summed E-state index contributed by atoms with van der Waals surface area (Å²) in [5, 5.41) is 11.7. The molecule has 0 unspecified atom stereocenters. The smallest absolute Gasteiger partial charge is 0.456 e. The predicted octanol–water partition coefficient (Wildman–Crippen LogP) is 5.33. The number of carboxylic acids is 1. The number of carbonyl (C=O) groups is 2. The second-order valence-electron chi connectivity index (χ2n) is 7.14. The number of aromatic carboxylic acids is 1. The van der Waals surface area contributed by atoms with Gasteiger partial charge in [-0.25, -0.2) is 9.78 Å². The Morgan fingerprint density at radius 3 is 2.17 bits per heavy atom. The van der Waals surface area contributed by atoms with Gasteiger partial charge in [-0.1, -0.05) is 18.2 Å². The van der Waals surface area contributed by atoms with E-state index < -0.39 is 30.6 Å². The Bertz CT molecular complexity index is 1180. The van der Waals surface area contributed by atoms with E-state index in [9.17, 15) is 36.6 Å². The van der Waals surface area contributed by atoms with Gasteiger partial charge in [-0.2, -0.15) is 22.0 Å². The van der Waals surface area contributed by atoms with Crippen LogP contribution in [0.2, 0.25) is 0 Å². The summed E-state index contributed by atoms with van der Waals surface area (Å²) in [5.41, 5.74) is 0.623. The van der Waals surface area contributed by atoms with Crippen LogP contribution in [0.3, 0.4) is 0 Å². The van der Waals surface area contributed by atoms with Crippen molar-refractivity contribution in [1.82, 2.24) is 4.98 Å². The minimum Gasteiger partial charge on any atom is -0.487 e. The Morgan fingerprint density at radius 1 is 0.914 bits per heavy atom. The molecule has 7 nitrogen and oxygen atoms in total. The molecule has 3 rings (SSSR count). The number of nitrogens with zero attached hydrogens (tertiary/aromatic N) is 1. The summed E-state index contributed by atoms with van der Waals surface area (Å²) in [6.45, 7) is -1.85. The first-order valence-corrected chi connectivity index (χ1v) is 9.87. The summed E-state index contributed by atoms with van der Waals surface area (Å²) in [6.07, 6.45) is -4.43. The summed E-state index contributed by atoms with van der Waals surface area (Å²) in [6, 6.07) is 13.9. The molecule has 0 aliphatic heterocycles. The number of aromatic nitrogens is 1. The number of amides is 1. The van der Waals surface area contributed by atoms with Gasteiger partial charge in [-0.15, -0.1) is 0 Å². The highest BCUT2D eigenvalue weighted by molar-refractivity contribution is 6.00. The molecule has 0 saturated heterocycles. The van der Waals surface area contributed by atoms with Crippen molar-refractivity contribution in [3.63, 3.8) is 0 Å². The van der Waals surface area contributed by atoms with Gasteiger partial charge in [0.2, 0.25) is 11.8 Å². The Balaban J connectivity index is 1.54. The second-order valence-corrected chi connectivity index (χ2v) is 7.14. The number of carbonyl (C=O) groups excluding carboxylic acids is 1. The molecular weight excluding hydrogens is 479 g/mol. The van der Waals surface area contributed by atoms with E-state index in [0.717, 1.165) is 12.1 Å². The maximum absolute atomic E-state index is 12.9. The van der Waals surface area contributed by atoms with E-state index >= 15 is 0 Å². The third kappa shape index (κ3) is 6.88. The number of carboxylic acid groups (broad SMARTS) is 1. The van der Waals surface area contributed by atoms with Crippen LogP contribution < -0.4 is 14.8 Å². The summed E-state index contributed by atoms with van der Waals surface area (Å²) < 4.78 is 72.4. The van der Waals surface area contributed by atoms with Gasteiger partial charge in [-0.05, 0) is 42.0 Å². The average molecular weight is 496 g/mol. The van der Waals surface area contributed by atoms with Crippen molar-refractivity contribution in [2.45, 2.75) is 18.5 Å². The van der Waals surface area contributed by atoms with Crippen molar-refractivity contribution in [1.29, 1.82) is 0 Å². The number of anilines is 1. The van der Waals surface area contributed by atoms with Crippen molar-refractivity contribution >= 4 is 17.6 Å². The molecule has 0 fully saturated rings. The number of nitrogens with one attached hydrogen (secondary N) is 1. The average Bonchev–Trinajstić information content (AvgIpc) is 2.79. The first kappa shape index (κ1) is 25.4. The van der Waals surface area contributed by atoms with E-state index in [0.29, 0.717) is 5.56 Å². The van der Waals surface area contributed by atoms with Crippen LogP contribution in [0.25, 0.3) is 0 Å². The van der Waals surface area contributed by atoms with Crippen LogP contribution in [-0.2, 0) is 11.2 Å². The van der Waals surface area contributed by atoms with Gasteiger partial charge in [0.1, 0.15) is 11.5 Å². The fourth-order valence-corrected chi connectivity index (χ4v) is 2.71. The van der Waals surface area contributed by atoms with Crippen LogP contribution in [0.15, 0.2) is 66.9 Å². The standard InChI is InChI=1S/C23H17F5N2O5/c24-22(25,23(26,27)28)13-34-15-6-8-16(9-7-15)35-20-10-5-14(12-29-20)11-19(31)30-18-4-2-1-3-17(18)21(32)33/h1-10,12H,11,13H2,(H,30,31)(H,32,33). The van der Waals surface area contributed by atoms with E-state index in [1.165, 1.54) is 42.6 Å². The topological polar surface area (TPSA) is 97.8 Å². The maximum atomic E-state index is 12.9. The lowest BCUT2D eigenvalue weighted by atomic mass is 10.1. The highest BCUT2D eigenvalue weighted by Crippen LogP contribution is 2.36. The molecule has 2 N–H and O–H groups in total. The zero-order valence-corrected chi connectivity index (χ0v) is 17.7. The van der Waals surface area contributed by atoms with Crippen LogP contribution in [0.4, 0.5) is 27.6 Å². The number of benzene rings is 2. The van der Waals surface area contributed by atoms with Crippen LogP contribution in [-0.4, -0.2) is 40.7 Å².